The van der Waals surface area contributed by atoms with Crippen molar-refractivity contribution in [1.82, 2.24) is 0 Å². The van der Waals surface area contributed by atoms with Gasteiger partial charge >= 0.3 is 5.97 Å². The summed E-state index contributed by atoms with van der Waals surface area (Å²) < 4.78 is 35.7. The van der Waals surface area contributed by atoms with Crippen molar-refractivity contribution in [3.8, 4) is 0 Å². The number of benzene rings is 1. The van der Waals surface area contributed by atoms with Crippen LogP contribution in [0.3, 0.4) is 0 Å². The molecule has 6 heteroatoms. The Morgan fingerprint density at radius 2 is 2.00 bits per heavy atom. The molecule has 1 N–H and O–H groups in total. The lowest BCUT2D eigenvalue weighted by Gasteiger charge is -2.13. The Labute approximate surface area is 104 Å². The zero-order valence-electron chi connectivity index (χ0n) is 9.76. The summed E-state index contributed by atoms with van der Waals surface area (Å²) in [5, 5.41) is 9.20. The highest BCUT2D eigenvalue weighted by molar-refractivity contribution is 7.94. The summed E-state index contributed by atoms with van der Waals surface area (Å²) in [4.78, 5) is 11.1. The fraction of sp³-hybridized carbons (Fsp3) is 0.417. The Balaban J connectivity index is 2.49. The van der Waals surface area contributed by atoms with Crippen LogP contribution in [0.5, 0.6) is 0 Å². The molecule has 0 aromatic heterocycles. The lowest BCUT2D eigenvalue weighted by Crippen LogP contribution is -2.34. The number of carboxylic acids is 1. The summed E-state index contributed by atoms with van der Waals surface area (Å²) in [5.74, 6) is -2.25. The van der Waals surface area contributed by atoms with Gasteiger partial charge < -0.3 is 5.11 Å². The van der Waals surface area contributed by atoms with Crippen molar-refractivity contribution >= 4 is 15.8 Å². The average Bonchev–Trinajstić information content (AvgIpc) is 3.05. The van der Waals surface area contributed by atoms with Gasteiger partial charge in [0, 0.05) is 0 Å². The highest BCUT2D eigenvalue weighted by Gasteiger charge is 2.68. The van der Waals surface area contributed by atoms with Crippen LogP contribution in [-0.2, 0) is 14.6 Å². The molecule has 0 radical (unpaired) electrons. The number of sulfone groups is 1. The minimum atomic E-state index is -3.97. The maximum Gasteiger partial charge on any atom is 0.325 e. The summed E-state index contributed by atoms with van der Waals surface area (Å²) in [6, 6.07) is 4.26. The van der Waals surface area contributed by atoms with E-state index < -0.39 is 26.4 Å². The highest BCUT2D eigenvalue weighted by atomic mass is 32.2. The lowest BCUT2D eigenvalue weighted by atomic mass is 10.2. The molecular weight excluding hydrogens is 259 g/mol. The van der Waals surface area contributed by atoms with Gasteiger partial charge in [-0.25, -0.2) is 12.8 Å². The molecule has 1 fully saturated rings. The van der Waals surface area contributed by atoms with Crippen molar-refractivity contribution in [2.24, 2.45) is 5.92 Å². The average molecular weight is 272 g/mol. The van der Waals surface area contributed by atoms with Crippen molar-refractivity contribution in [1.29, 1.82) is 0 Å². The van der Waals surface area contributed by atoms with E-state index in [4.69, 9.17) is 0 Å². The fourth-order valence-corrected chi connectivity index (χ4v) is 4.48. The van der Waals surface area contributed by atoms with Crippen LogP contribution in [0.1, 0.15) is 19.8 Å². The Bertz CT molecular complexity index is 579. The second kappa shape index (κ2) is 4.05. The molecule has 2 rings (SSSR count). The van der Waals surface area contributed by atoms with Crippen LogP contribution >= 0.6 is 0 Å². The van der Waals surface area contributed by atoms with E-state index in [9.17, 15) is 22.7 Å². The van der Waals surface area contributed by atoms with Crippen LogP contribution in [0, 0.1) is 11.7 Å². The zero-order chi connectivity index (χ0) is 13.6. The standard InChI is InChI=1S/C12H13FO4S/c1-2-8-7-12(8,11(14)15)18(16,17)10-5-3-9(13)4-6-10/h3-6,8H,2,7H2,1H3,(H,14,15). The number of hydrogen-bond acceptors (Lipinski definition) is 3. The summed E-state index contributed by atoms with van der Waals surface area (Å²) >= 11 is 0. The quantitative estimate of drug-likeness (QED) is 0.849. The van der Waals surface area contributed by atoms with Crippen LogP contribution in [0.15, 0.2) is 29.2 Å². The molecule has 0 heterocycles. The van der Waals surface area contributed by atoms with Gasteiger partial charge in [0.25, 0.3) is 0 Å². The van der Waals surface area contributed by atoms with Gasteiger partial charge in [-0.1, -0.05) is 13.3 Å². The van der Waals surface area contributed by atoms with Crippen LogP contribution in [0.25, 0.3) is 0 Å². The topological polar surface area (TPSA) is 71.4 Å². The van der Waals surface area contributed by atoms with Crippen molar-refractivity contribution in [3.05, 3.63) is 30.1 Å². The second-order valence-corrected chi connectivity index (χ2v) is 6.67. The molecule has 1 aromatic rings. The van der Waals surface area contributed by atoms with E-state index in [1.807, 2.05) is 0 Å². The highest BCUT2D eigenvalue weighted by Crippen LogP contribution is 2.54. The molecule has 2 atom stereocenters. The first-order chi connectivity index (χ1) is 8.36. The molecule has 0 saturated heterocycles. The lowest BCUT2D eigenvalue weighted by molar-refractivity contribution is -0.137. The molecule has 0 spiro atoms. The van der Waals surface area contributed by atoms with Crippen molar-refractivity contribution in [2.45, 2.75) is 29.4 Å². The molecule has 1 aromatic carbocycles. The Hall–Kier alpha value is -1.43. The zero-order valence-corrected chi connectivity index (χ0v) is 10.6. The number of rotatable bonds is 4. The van der Waals surface area contributed by atoms with Crippen molar-refractivity contribution in [3.63, 3.8) is 0 Å². The summed E-state index contributed by atoms with van der Waals surface area (Å²) in [7, 11) is -3.97. The van der Waals surface area contributed by atoms with Crippen LogP contribution in [0.4, 0.5) is 4.39 Å². The van der Waals surface area contributed by atoms with Crippen molar-refractivity contribution < 1.29 is 22.7 Å². The summed E-state index contributed by atoms with van der Waals surface area (Å²) in [6.07, 6.45) is 0.616. The van der Waals surface area contributed by atoms with Gasteiger partial charge in [0.1, 0.15) is 5.82 Å². The van der Waals surface area contributed by atoms with Crippen molar-refractivity contribution in [2.75, 3.05) is 0 Å². The SMILES string of the molecule is CCC1CC1(C(=O)O)S(=O)(=O)c1ccc(F)cc1. The van der Waals surface area contributed by atoms with Crippen LogP contribution in [0.2, 0.25) is 0 Å². The predicted octanol–water partition coefficient (Wildman–Crippen LogP) is 1.85. The first kappa shape index (κ1) is 13.0. The van der Waals surface area contributed by atoms with Gasteiger partial charge in [0.2, 0.25) is 0 Å². The van der Waals surface area contributed by atoms with Gasteiger partial charge in [0.05, 0.1) is 4.90 Å². The molecule has 1 saturated carbocycles. The van der Waals surface area contributed by atoms with E-state index in [1.165, 1.54) is 0 Å². The van der Waals surface area contributed by atoms with Gasteiger partial charge in [-0.05, 0) is 36.6 Å². The van der Waals surface area contributed by atoms with E-state index in [0.717, 1.165) is 24.3 Å². The molecule has 0 bridgehead atoms. The molecule has 0 amide bonds. The van der Waals surface area contributed by atoms with E-state index in [0.29, 0.717) is 6.42 Å². The van der Waals surface area contributed by atoms with E-state index in [-0.39, 0.29) is 17.2 Å². The third-order valence-electron chi connectivity index (χ3n) is 3.51. The smallest absolute Gasteiger partial charge is 0.325 e. The fourth-order valence-electron chi connectivity index (χ4n) is 2.31. The molecule has 2 unspecified atom stereocenters. The van der Waals surface area contributed by atoms with Gasteiger partial charge in [0.15, 0.2) is 14.6 Å². The normalized spacial score (nSPS) is 26.9. The molecule has 1 aliphatic carbocycles. The third-order valence-corrected chi connectivity index (χ3v) is 6.03. The number of carboxylic acid groups (broad SMARTS) is 1. The summed E-state index contributed by atoms with van der Waals surface area (Å²) in [6.45, 7) is 1.76. The summed E-state index contributed by atoms with van der Waals surface area (Å²) in [5.41, 5.74) is 0. The minimum Gasteiger partial charge on any atom is -0.480 e. The molecule has 4 nitrogen and oxygen atoms in total. The molecule has 0 aliphatic heterocycles. The predicted molar refractivity (Wildman–Crippen MR) is 62.4 cm³/mol. The largest absolute Gasteiger partial charge is 0.480 e. The number of halogens is 1. The Morgan fingerprint density at radius 3 is 2.39 bits per heavy atom. The van der Waals surface area contributed by atoms with Gasteiger partial charge in [-0.15, -0.1) is 0 Å². The molecule has 18 heavy (non-hydrogen) atoms. The second-order valence-electron chi connectivity index (χ2n) is 4.46. The minimum absolute atomic E-state index is 0.124. The maximum atomic E-state index is 12.8. The van der Waals surface area contributed by atoms with Gasteiger partial charge in [-0.2, -0.15) is 0 Å². The Morgan fingerprint density at radius 1 is 1.44 bits per heavy atom. The van der Waals surface area contributed by atoms with E-state index >= 15 is 0 Å². The third kappa shape index (κ3) is 1.63. The number of carbonyl (C=O) groups is 1. The van der Waals surface area contributed by atoms with Gasteiger partial charge in [-0.3, -0.25) is 4.79 Å². The Kier molecular flexibility index (Phi) is 2.93. The molecular formula is C12H13FO4S. The molecule has 98 valence electrons. The maximum absolute atomic E-state index is 12.8. The van der Waals surface area contributed by atoms with E-state index in [2.05, 4.69) is 0 Å². The van der Waals surface area contributed by atoms with Crippen LogP contribution < -0.4 is 0 Å². The monoisotopic (exact) mass is 272 g/mol. The van der Waals surface area contributed by atoms with Crippen LogP contribution in [-0.4, -0.2) is 24.2 Å². The number of hydrogen-bond donors (Lipinski definition) is 1. The number of aliphatic carboxylic acids is 1. The first-order valence-electron chi connectivity index (χ1n) is 5.60. The first-order valence-corrected chi connectivity index (χ1v) is 7.08. The molecule has 1 aliphatic rings. The van der Waals surface area contributed by atoms with E-state index in [1.54, 1.807) is 6.92 Å².